The van der Waals surface area contributed by atoms with E-state index in [1.165, 1.54) is 30.2 Å². The molecule has 3 rings (SSSR count). The number of methoxy groups -OCH3 is 1. The fraction of sp³-hybridized carbons (Fsp3) is 0.381. The molecule has 1 aliphatic heterocycles. The first-order valence-electron chi connectivity index (χ1n) is 9.55. The predicted octanol–water partition coefficient (Wildman–Crippen LogP) is 3.32. The van der Waals surface area contributed by atoms with Crippen LogP contribution in [0.3, 0.4) is 0 Å². The smallest absolute Gasteiger partial charge is 0.409 e. The lowest BCUT2D eigenvalue weighted by atomic mass is 9.90. The Bertz CT molecular complexity index is 1010. The number of halogens is 2. The van der Waals surface area contributed by atoms with Crippen molar-refractivity contribution in [3.8, 4) is 11.1 Å². The van der Waals surface area contributed by atoms with Crippen LogP contribution in [0, 0.1) is 11.6 Å². The molecule has 0 saturated carbocycles. The van der Waals surface area contributed by atoms with Crippen LogP contribution in [-0.4, -0.2) is 51.4 Å². The molecule has 2 atom stereocenters. The number of carbonyl (C=O) groups excluding carboxylic acids is 1. The molecule has 2 aromatic rings. The minimum absolute atomic E-state index is 0.126. The third-order valence-corrected chi connectivity index (χ3v) is 5.91. The van der Waals surface area contributed by atoms with Gasteiger partial charge in [0.05, 0.1) is 25.0 Å². The van der Waals surface area contributed by atoms with Gasteiger partial charge in [-0.1, -0.05) is 30.3 Å². The van der Waals surface area contributed by atoms with Crippen LogP contribution in [0.5, 0.6) is 0 Å². The number of sulfonamides is 1. The van der Waals surface area contributed by atoms with Gasteiger partial charge in [0, 0.05) is 12.6 Å². The number of ether oxygens (including phenoxy) is 1. The van der Waals surface area contributed by atoms with Gasteiger partial charge < -0.3 is 9.64 Å². The lowest BCUT2D eigenvalue weighted by Crippen LogP contribution is -2.57. The third kappa shape index (κ3) is 5.14. The van der Waals surface area contributed by atoms with Crippen LogP contribution in [0.4, 0.5) is 13.6 Å². The minimum atomic E-state index is -3.50. The standard InChI is InChI=1S/C21H24F2N2O4S/c1-29-21(26)25-11-5-10-18(24-30(2,27)28)19(25)13-14-6-3-7-15(12-14)20-16(22)8-4-9-17(20)23/h3-4,6-9,12,18-19,24H,5,10-11,13H2,1-2H3/t18-,19-/m0/s1. The van der Waals surface area contributed by atoms with E-state index < -0.39 is 39.8 Å². The number of carbonyl (C=O) groups is 1. The lowest BCUT2D eigenvalue weighted by Gasteiger charge is -2.40. The van der Waals surface area contributed by atoms with E-state index in [-0.39, 0.29) is 5.56 Å². The van der Waals surface area contributed by atoms with Crippen LogP contribution >= 0.6 is 0 Å². The Kier molecular flexibility index (Phi) is 6.72. The first-order chi connectivity index (χ1) is 14.2. The SMILES string of the molecule is COC(=O)N1CCC[C@H](NS(C)(=O)=O)[C@@H]1Cc1cccc(-c2c(F)cccc2F)c1. The van der Waals surface area contributed by atoms with Crippen molar-refractivity contribution in [3.05, 3.63) is 59.7 Å². The van der Waals surface area contributed by atoms with E-state index in [2.05, 4.69) is 4.72 Å². The molecule has 6 nitrogen and oxygen atoms in total. The van der Waals surface area contributed by atoms with E-state index in [4.69, 9.17) is 4.74 Å². The lowest BCUT2D eigenvalue weighted by molar-refractivity contribution is 0.0792. The third-order valence-electron chi connectivity index (χ3n) is 5.18. The minimum Gasteiger partial charge on any atom is -0.453 e. The molecular weight excluding hydrogens is 414 g/mol. The fourth-order valence-electron chi connectivity index (χ4n) is 3.93. The number of amides is 1. The summed E-state index contributed by atoms with van der Waals surface area (Å²) < 4.78 is 59.5. The van der Waals surface area contributed by atoms with Crippen LogP contribution in [0.1, 0.15) is 18.4 Å². The quantitative estimate of drug-likeness (QED) is 0.777. The summed E-state index contributed by atoms with van der Waals surface area (Å²) in [6.45, 7) is 0.431. The Morgan fingerprint density at radius 3 is 2.50 bits per heavy atom. The van der Waals surface area contributed by atoms with Gasteiger partial charge in [-0.2, -0.15) is 0 Å². The molecule has 30 heavy (non-hydrogen) atoms. The molecule has 1 heterocycles. The zero-order valence-electron chi connectivity index (χ0n) is 16.8. The molecule has 1 N–H and O–H groups in total. The van der Waals surface area contributed by atoms with Gasteiger partial charge in [0.25, 0.3) is 0 Å². The summed E-state index contributed by atoms with van der Waals surface area (Å²) in [5.74, 6) is -1.34. The van der Waals surface area contributed by atoms with Gasteiger partial charge in [0.15, 0.2) is 0 Å². The Hall–Kier alpha value is -2.52. The maximum atomic E-state index is 14.2. The molecular formula is C21H24F2N2O4S. The second-order valence-corrected chi connectivity index (χ2v) is 9.15. The van der Waals surface area contributed by atoms with Crippen molar-refractivity contribution < 1.29 is 26.7 Å². The van der Waals surface area contributed by atoms with Crippen molar-refractivity contribution in [1.82, 2.24) is 9.62 Å². The Morgan fingerprint density at radius 2 is 1.87 bits per heavy atom. The maximum absolute atomic E-state index is 14.2. The monoisotopic (exact) mass is 438 g/mol. The predicted molar refractivity (Wildman–Crippen MR) is 109 cm³/mol. The molecule has 0 radical (unpaired) electrons. The van der Waals surface area contributed by atoms with Gasteiger partial charge in [-0.3, -0.25) is 0 Å². The summed E-state index contributed by atoms with van der Waals surface area (Å²) in [6.07, 6.45) is 2.01. The number of benzene rings is 2. The van der Waals surface area contributed by atoms with E-state index in [9.17, 15) is 22.0 Å². The number of nitrogens with zero attached hydrogens (tertiary/aromatic N) is 1. The molecule has 9 heteroatoms. The summed E-state index contributed by atoms with van der Waals surface area (Å²) >= 11 is 0. The van der Waals surface area contributed by atoms with Gasteiger partial charge in [0.1, 0.15) is 11.6 Å². The molecule has 0 spiro atoms. The van der Waals surface area contributed by atoms with Crippen LogP contribution in [-0.2, 0) is 21.2 Å². The van der Waals surface area contributed by atoms with Crippen LogP contribution < -0.4 is 4.72 Å². The molecule has 0 aliphatic carbocycles. The van der Waals surface area contributed by atoms with Gasteiger partial charge in [-0.15, -0.1) is 0 Å². The largest absolute Gasteiger partial charge is 0.453 e. The number of piperidine rings is 1. The highest BCUT2D eigenvalue weighted by Gasteiger charge is 2.36. The normalized spacial score (nSPS) is 19.5. The summed E-state index contributed by atoms with van der Waals surface area (Å²) in [4.78, 5) is 13.8. The first kappa shape index (κ1) is 22.2. The number of rotatable bonds is 5. The second-order valence-electron chi connectivity index (χ2n) is 7.37. The Morgan fingerprint density at radius 1 is 1.20 bits per heavy atom. The molecule has 1 saturated heterocycles. The molecule has 1 fully saturated rings. The number of likely N-dealkylation sites (tertiary alicyclic amines) is 1. The van der Waals surface area contributed by atoms with E-state index in [0.717, 1.165) is 11.8 Å². The summed E-state index contributed by atoms with van der Waals surface area (Å²) in [5.41, 5.74) is 0.964. The number of hydrogen-bond acceptors (Lipinski definition) is 4. The van der Waals surface area contributed by atoms with Crippen molar-refractivity contribution in [2.24, 2.45) is 0 Å². The summed E-state index contributed by atoms with van der Waals surface area (Å²) in [5, 5.41) is 0. The van der Waals surface area contributed by atoms with Crippen molar-refractivity contribution in [1.29, 1.82) is 0 Å². The maximum Gasteiger partial charge on any atom is 0.409 e. The fourth-order valence-corrected chi connectivity index (χ4v) is 4.76. The topological polar surface area (TPSA) is 75.7 Å². The van der Waals surface area contributed by atoms with E-state index in [1.54, 1.807) is 24.3 Å². The van der Waals surface area contributed by atoms with Crippen molar-refractivity contribution in [2.75, 3.05) is 19.9 Å². The average Bonchev–Trinajstić information content (AvgIpc) is 2.68. The summed E-state index contributed by atoms with van der Waals surface area (Å²) in [6, 6.07) is 9.41. The van der Waals surface area contributed by atoms with Crippen LogP contribution in [0.25, 0.3) is 11.1 Å². The average molecular weight is 438 g/mol. The van der Waals surface area contributed by atoms with Gasteiger partial charge in [0.2, 0.25) is 10.0 Å². The highest BCUT2D eigenvalue weighted by molar-refractivity contribution is 7.88. The number of nitrogens with one attached hydrogen (secondary N) is 1. The zero-order chi connectivity index (χ0) is 21.9. The van der Waals surface area contributed by atoms with Crippen molar-refractivity contribution in [3.63, 3.8) is 0 Å². The molecule has 1 amide bonds. The van der Waals surface area contributed by atoms with Crippen molar-refractivity contribution in [2.45, 2.75) is 31.3 Å². The van der Waals surface area contributed by atoms with Gasteiger partial charge >= 0.3 is 6.09 Å². The van der Waals surface area contributed by atoms with Gasteiger partial charge in [-0.05, 0) is 42.5 Å². The Balaban J connectivity index is 1.95. The van der Waals surface area contributed by atoms with Crippen LogP contribution in [0.15, 0.2) is 42.5 Å². The van der Waals surface area contributed by atoms with E-state index in [0.29, 0.717) is 31.4 Å². The van der Waals surface area contributed by atoms with Crippen molar-refractivity contribution >= 4 is 16.1 Å². The second kappa shape index (κ2) is 9.09. The molecule has 0 bridgehead atoms. The number of hydrogen-bond donors (Lipinski definition) is 1. The molecule has 1 aliphatic rings. The first-order valence-corrected chi connectivity index (χ1v) is 11.4. The van der Waals surface area contributed by atoms with E-state index in [1.807, 2.05) is 0 Å². The molecule has 2 aromatic carbocycles. The Labute approximate surface area is 174 Å². The molecule has 162 valence electrons. The molecule has 0 unspecified atom stereocenters. The van der Waals surface area contributed by atoms with Crippen LogP contribution in [0.2, 0.25) is 0 Å². The summed E-state index contributed by atoms with van der Waals surface area (Å²) in [7, 11) is -2.22. The highest BCUT2D eigenvalue weighted by Crippen LogP contribution is 2.29. The zero-order valence-corrected chi connectivity index (χ0v) is 17.6. The van der Waals surface area contributed by atoms with E-state index >= 15 is 0 Å². The molecule has 0 aromatic heterocycles. The van der Waals surface area contributed by atoms with Gasteiger partial charge in [-0.25, -0.2) is 26.7 Å². The highest BCUT2D eigenvalue weighted by atomic mass is 32.2.